The maximum Gasteiger partial charge on any atom is 0.420 e. The minimum absolute atomic E-state index is 0.0443. The predicted molar refractivity (Wildman–Crippen MR) is 118 cm³/mol. The molecule has 180 valence electrons. The topological polar surface area (TPSA) is 101 Å². The molecule has 0 aliphatic carbocycles. The average molecular weight is 454 g/mol. The lowest BCUT2D eigenvalue weighted by Crippen LogP contribution is -2.53. The Morgan fingerprint density at radius 2 is 1.28 bits per heavy atom. The summed E-state index contributed by atoms with van der Waals surface area (Å²) in [6, 6.07) is 2.10. The van der Waals surface area contributed by atoms with Crippen LogP contribution in [-0.4, -0.2) is 61.6 Å². The van der Waals surface area contributed by atoms with E-state index < -0.39 is 35.4 Å². The number of carbonyl (C=O) groups excluding carboxylic acids is 3. The van der Waals surface area contributed by atoms with Crippen LogP contribution in [0.25, 0.3) is 0 Å². The molecule has 0 aromatic heterocycles. The van der Waals surface area contributed by atoms with E-state index in [1.54, 1.807) is 53.7 Å². The fourth-order valence-corrected chi connectivity index (χ4v) is 2.82. The van der Waals surface area contributed by atoms with Crippen molar-refractivity contribution in [2.75, 3.05) is 21.3 Å². The Balaban J connectivity index is 3.52. The molecular weight excluding hydrogens is 418 g/mol. The maximum atomic E-state index is 13.0. The molecule has 0 saturated carbocycles. The number of hydrogen-bond acceptors (Lipinski definition) is 8. The molecular formula is C23H35NO8. The van der Waals surface area contributed by atoms with Crippen molar-refractivity contribution >= 4 is 18.2 Å². The molecule has 0 fully saturated rings. The first-order chi connectivity index (χ1) is 14.6. The van der Waals surface area contributed by atoms with Gasteiger partial charge in [-0.25, -0.2) is 14.4 Å². The minimum atomic E-state index is -1.33. The Bertz CT molecular complexity index is 808. The van der Waals surface area contributed by atoms with Crippen molar-refractivity contribution in [3.63, 3.8) is 0 Å². The molecule has 32 heavy (non-hydrogen) atoms. The first-order valence-electron chi connectivity index (χ1n) is 10.2. The summed E-state index contributed by atoms with van der Waals surface area (Å²) in [5.74, 6) is 0.160. The van der Waals surface area contributed by atoms with E-state index in [9.17, 15) is 14.4 Å². The molecule has 0 spiro atoms. The zero-order valence-corrected chi connectivity index (χ0v) is 20.7. The Morgan fingerprint density at radius 1 is 0.844 bits per heavy atom. The largest absolute Gasteiger partial charge is 0.493 e. The van der Waals surface area contributed by atoms with Gasteiger partial charge in [0.25, 0.3) is 0 Å². The number of esters is 1. The van der Waals surface area contributed by atoms with Gasteiger partial charge in [0.2, 0.25) is 0 Å². The molecule has 0 heterocycles. The third-order valence-electron chi connectivity index (χ3n) is 4.22. The smallest absolute Gasteiger partial charge is 0.420 e. The van der Waals surface area contributed by atoms with E-state index in [0.717, 1.165) is 5.56 Å². The van der Waals surface area contributed by atoms with Gasteiger partial charge < -0.3 is 23.7 Å². The number of carbonyl (C=O) groups is 3. The molecule has 2 amide bonds. The molecule has 1 aromatic carbocycles. The summed E-state index contributed by atoms with van der Waals surface area (Å²) < 4.78 is 26.4. The summed E-state index contributed by atoms with van der Waals surface area (Å²) in [6.07, 6.45) is -2.07. The van der Waals surface area contributed by atoms with Crippen molar-refractivity contribution < 1.29 is 38.1 Å². The van der Waals surface area contributed by atoms with Gasteiger partial charge in [-0.05, 0) is 71.7 Å². The van der Waals surface area contributed by atoms with Crippen LogP contribution in [0.5, 0.6) is 11.5 Å². The molecule has 9 heteroatoms. The third kappa shape index (κ3) is 7.62. The quantitative estimate of drug-likeness (QED) is 0.465. The van der Waals surface area contributed by atoms with Gasteiger partial charge in [-0.15, -0.1) is 0 Å². The van der Waals surface area contributed by atoms with Crippen LogP contribution in [0, 0.1) is 6.92 Å². The normalized spacial score (nSPS) is 12.4. The highest BCUT2D eigenvalue weighted by atomic mass is 16.6. The second kappa shape index (κ2) is 10.6. The molecule has 0 aliphatic heterocycles. The molecule has 1 unspecified atom stereocenters. The summed E-state index contributed by atoms with van der Waals surface area (Å²) in [5, 5.41) is 0. The van der Waals surface area contributed by atoms with Crippen LogP contribution in [0.2, 0.25) is 0 Å². The standard InChI is InChI=1S/C23H35NO8/c1-14-11-17(28-8)18(29-9)13-15(14)12-16(19(25)30-10)24(20(26)31-22(2,3)4)21(27)32-23(5,6)7/h11,13,16H,12H2,1-10H3. The molecule has 0 bridgehead atoms. The van der Waals surface area contributed by atoms with Crippen molar-refractivity contribution in [2.24, 2.45) is 0 Å². The average Bonchev–Trinajstić information content (AvgIpc) is 2.64. The van der Waals surface area contributed by atoms with Crippen LogP contribution in [0.1, 0.15) is 52.7 Å². The van der Waals surface area contributed by atoms with Crippen LogP contribution in [0.3, 0.4) is 0 Å². The van der Waals surface area contributed by atoms with E-state index in [4.69, 9.17) is 23.7 Å². The van der Waals surface area contributed by atoms with Crippen LogP contribution in [0.15, 0.2) is 12.1 Å². The van der Waals surface area contributed by atoms with Gasteiger partial charge in [-0.2, -0.15) is 4.90 Å². The van der Waals surface area contributed by atoms with Gasteiger partial charge in [0.15, 0.2) is 11.5 Å². The Hall–Kier alpha value is -2.97. The van der Waals surface area contributed by atoms with Crippen molar-refractivity contribution in [1.29, 1.82) is 0 Å². The monoisotopic (exact) mass is 453 g/mol. The highest BCUT2D eigenvalue weighted by Crippen LogP contribution is 2.31. The van der Waals surface area contributed by atoms with Crippen molar-refractivity contribution in [2.45, 2.75) is 72.1 Å². The first kappa shape index (κ1) is 27.1. The number of methoxy groups -OCH3 is 3. The van der Waals surface area contributed by atoms with E-state index in [1.807, 2.05) is 6.92 Å². The number of hydrogen-bond donors (Lipinski definition) is 0. The molecule has 0 saturated heterocycles. The van der Waals surface area contributed by atoms with Gasteiger partial charge in [0.05, 0.1) is 21.3 Å². The fraction of sp³-hybridized carbons (Fsp3) is 0.609. The van der Waals surface area contributed by atoms with E-state index in [-0.39, 0.29) is 6.42 Å². The Labute approximate surface area is 189 Å². The number of benzene rings is 1. The summed E-state index contributed by atoms with van der Waals surface area (Å²) >= 11 is 0. The van der Waals surface area contributed by atoms with Crippen LogP contribution in [-0.2, 0) is 25.4 Å². The van der Waals surface area contributed by atoms with E-state index in [0.29, 0.717) is 22.0 Å². The zero-order chi connectivity index (χ0) is 24.9. The van der Waals surface area contributed by atoms with Crippen LogP contribution < -0.4 is 9.47 Å². The highest BCUT2D eigenvalue weighted by molar-refractivity contribution is 5.94. The molecule has 1 aromatic rings. The minimum Gasteiger partial charge on any atom is -0.493 e. The van der Waals surface area contributed by atoms with Crippen molar-refractivity contribution in [3.05, 3.63) is 23.3 Å². The highest BCUT2D eigenvalue weighted by Gasteiger charge is 2.41. The van der Waals surface area contributed by atoms with E-state index >= 15 is 0 Å². The lowest BCUT2D eigenvalue weighted by molar-refractivity contribution is -0.146. The molecule has 0 aliphatic rings. The Morgan fingerprint density at radius 3 is 1.66 bits per heavy atom. The second-order valence-electron chi connectivity index (χ2n) is 9.21. The zero-order valence-electron chi connectivity index (χ0n) is 20.7. The summed E-state index contributed by atoms with van der Waals surface area (Å²) in [6.45, 7) is 11.8. The van der Waals surface area contributed by atoms with E-state index in [1.165, 1.54) is 21.3 Å². The van der Waals surface area contributed by atoms with Crippen LogP contribution in [0.4, 0.5) is 9.59 Å². The molecule has 0 radical (unpaired) electrons. The van der Waals surface area contributed by atoms with Crippen molar-refractivity contribution in [1.82, 2.24) is 4.90 Å². The number of amides is 2. The van der Waals surface area contributed by atoms with E-state index in [2.05, 4.69) is 0 Å². The third-order valence-corrected chi connectivity index (χ3v) is 4.22. The number of aryl methyl sites for hydroxylation is 1. The molecule has 1 atom stereocenters. The lowest BCUT2D eigenvalue weighted by atomic mass is 9.99. The van der Waals surface area contributed by atoms with Gasteiger partial charge in [0, 0.05) is 6.42 Å². The number of imide groups is 1. The summed E-state index contributed by atoms with van der Waals surface area (Å²) in [5.41, 5.74) is -0.394. The maximum absolute atomic E-state index is 13.0. The van der Waals surface area contributed by atoms with Crippen LogP contribution >= 0.6 is 0 Å². The molecule has 9 nitrogen and oxygen atoms in total. The number of ether oxygens (including phenoxy) is 5. The summed E-state index contributed by atoms with van der Waals surface area (Å²) in [7, 11) is 4.18. The summed E-state index contributed by atoms with van der Waals surface area (Å²) in [4.78, 5) is 39.4. The van der Waals surface area contributed by atoms with Crippen molar-refractivity contribution in [3.8, 4) is 11.5 Å². The molecule has 0 N–H and O–H groups in total. The predicted octanol–water partition coefficient (Wildman–Crippen LogP) is 4.27. The lowest BCUT2D eigenvalue weighted by Gasteiger charge is -2.32. The SMILES string of the molecule is COC(=O)C(Cc1cc(OC)c(OC)cc1C)N(C(=O)OC(C)(C)C)C(=O)OC(C)(C)C. The Kier molecular flexibility index (Phi) is 8.93. The number of nitrogens with zero attached hydrogens (tertiary/aromatic N) is 1. The first-order valence-corrected chi connectivity index (χ1v) is 10.2. The van der Waals surface area contributed by atoms with Gasteiger partial charge in [-0.3, -0.25) is 0 Å². The van der Waals surface area contributed by atoms with Gasteiger partial charge >= 0.3 is 18.2 Å². The number of rotatable bonds is 6. The van der Waals surface area contributed by atoms with Gasteiger partial charge in [-0.1, -0.05) is 0 Å². The molecule has 1 rings (SSSR count). The van der Waals surface area contributed by atoms with Gasteiger partial charge in [0.1, 0.15) is 17.2 Å². The second-order valence-corrected chi connectivity index (χ2v) is 9.21. The fourth-order valence-electron chi connectivity index (χ4n) is 2.82.